The molecule has 0 spiro atoms. The molecule has 18 heavy (non-hydrogen) atoms. The highest BCUT2D eigenvalue weighted by atomic mass is 79.9. The lowest BCUT2D eigenvalue weighted by atomic mass is 9.95. The van der Waals surface area contributed by atoms with Crippen molar-refractivity contribution in [3.8, 4) is 11.5 Å². The van der Waals surface area contributed by atoms with Crippen LogP contribution in [0.4, 0.5) is 0 Å². The molecular formula is C13H16BrNO3. The maximum Gasteiger partial charge on any atom is 0.255 e. The summed E-state index contributed by atoms with van der Waals surface area (Å²) in [5.41, 5.74) is 0.111. The maximum atomic E-state index is 12.0. The number of halogens is 1. The lowest BCUT2D eigenvalue weighted by Gasteiger charge is -2.28. The molecule has 0 bridgehead atoms. The maximum absolute atomic E-state index is 12.0. The van der Waals surface area contributed by atoms with Crippen LogP contribution in [0.1, 0.15) is 36.0 Å². The summed E-state index contributed by atoms with van der Waals surface area (Å²) >= 11 is 3.56. The fourth-order valence-electron chi connectivity index (χ4n) is 2.20. The second-order valence-electron chi connectivity index (χ2n) is 4.58. The summed E-state index contributed by atoms with van der Waals surface area (Å²) in [6.45, 7) is 0. The molecule has 2 unspecified atom stereocenters. The Bertz CT molecular complexity index is 450. The first kappa shape index (κ1) is 13.2. The SMILES string of the molecule is O=C(NC1CCCCC1Br)c1cc(O)ccc1O. The second-order valence-corrected chi connectivity index (χ2v) is 5.76. The molecule has 0 radical (unpaired) electrons. The quantitative estimate of drug-likeness (QED) is 0.580. The number of carbonyl (C=O) groups is 1. The smallest absolute Gasteiger partial charge is 0.255 e. The van der Waals surface area contributed by atoms with E-state index >= 15 is 0 Å². The van der Waals surface area contributed by atoms with Gasteiger partial charge in [0, 0.05) is 10.9 Å². The van der Waals surface area contributed by atoms with E-state index in [1.807, 2.05) is 0 Å². The Morgan fingerprint density at radius 3 is 2.72 bits per heavy atom. The predicted molar refractivity (Wildman–Crippen MR) is 72.2 cm³/mol. The third kappa shape index (κ3) is 2.96. The number of aromatic hydroxyl groups is 2. The minimum Gasteiger partial charge on any atom is -0.508 e. The molecule has 0 heterocycles. The molecule has 2 rings (SSSR count). The van der Waals surface area contributed by atoms with Crippen molar-refractivity contribution in [1.29, 1.82) is 0 Å². The second kappa shape index (κ2) is 5.61. The van der Waals surface area contributed by atoms with E-state index in [2.05, 4.69) is 21.2 Å². The Hall–Kier alpha value is -1.23. The third-order valence-electron chi connectivity index (χ3n) is 3.22. The average molecular weight is 314 g/mol. The van der Waals surface area contributed by atoms with Crippen LogP contribution in [0.25, 0.3) is 0 Å². The highest BCUT2D eigenvalue weighted by Crippen LogP contribution is 2.26. The zero-order chi connectivity index (χ0) is 13.1. The van der Waals surface area contributed by atoms with Crippen LogP contribution < -0.4 is 5.32 Å². The van der Waals surface area contributed by atoms with E-state index in [-0.39, 0.29) is 33.8 Å². The third-order valence-corrected chi connectivity index (χ3v) is 4.32. The summed E-state index contributed by atoms with van der Waals surface area (Å²) in [6, 6.07) is 4.01. The Morgan fingerprint density at radius 1 is 1.28 bits per heavy atom. The van der Waals surface area contributed by atoms with E-state index in [0.717, 1.165) is 19.3 Å². The van der Waals surface area contributed by atoms with Gasteiger partial charge in [0.2, 0.25) is 0 Å². The Labute approximate surface area is 114 Å². The molecule has 5 heteroatoms. The van der Waals surface area contributed by atoms with Crippen molar-refractivity contribution >= 4 is 21.8 Å². The standard InChI is InChI=1S/C13H16BrNO3/c14-10-3-1-2-4-11(10)15-13(18)9-7-8(16)5-6-12(9)17/h5-7,10-11,16-17H,1-4H2,(H,15,18). The van der Waals surface area contributed by atoms with Crippen molar-refractivity contribution < 1.29 is 15.0 Å². The van der Waals surface area contributed by atoms with Crippen molar-refractivity contribution in [2.75, 3.05) is 0 Å². The van der Waals surface area contributed by atoms with Crippen LogP contribution in [-0.4, -0.2) is 27.0 Å². The molecule has 1 aromatic carbocycles. The van der Waals surface area contributed by atoms with Crippen molar-refractivity contribution in [1.82, 2.24) is 5.32 Å². The molecule has 1 aromatic rings. The summed E-state index contributed by atoms with van der Waals surface area (Å²) in [7, 11) is 0. The molecule has 1 aliphatic carbocycles. The van der Waals surface area contributed by atoms with Crippen LogP contribution in [-0.2, 0) is 0 Å². The van der Waals surface area contributed by atoms with E-state index < -0.39 is 0 Å². The van der Waals surface area contributed by atoms with Gasteiger partial charge in [0.05, 0.1) is 5.56 Å². The minimum atomic E-state index is -0.347. The van der Waals surface area contributed by atoms with Gasteiger partial charge in [-0.25, -0.2) is 0 Å². The van der Waals surface area contributed by atoms with Crippen LogP contribution in [0.2, 0.25) is 0 Å². The largest absolute Gasteiger partial charge is 0.508 e. The summed E-state index contributed by atoms with van der Waals surface area (Å²) in [5, 5.41) is 21.9. The summed E-state index contributed by atoms with van der Waals surface area (Å²) in [4.78, 5) is 12.3. The Morgan fingerprint density at radius 2 is 2.00 bits per heavy atom. The monoisotopic (exact) mass is 313 g/mol. The molecular weight excluding hydrogens is 298 g/mol. The van der Waals surface area contributed by atoms with E-state index in [4.69, 9.17) is 0 Å². The van der Waals surface area contributed by atoms with E-state index in [1.54, 1.807) is 0 Å². The van der Waals surface area contributed by atoms with Crippen molar-refractivity contribution in [3.63, 3.8) is 0 Å². The number of hydrogen-bond donors (Lipinski definition) is 3. The number of rotatable bonds is 2. The lowest BCUT2D eigenvalue weighted by molar-refractivity contribution is 0.0926. The van der Waals surface area contributed by atoms with Crippen LogP contribution in [0.5, 0.6) is 11.5 Å². The molecule has 1 amide bonds. The number of hydrogen-bond acceptors (Lipinski definition) is 3. The van der Waals surface area contributed by atoms with E-state index in [9.17, 15) is 15.0 Å². The summed E-state index contributed by atoms with van der Waals surface area (Å²) < 4.78 is 0. The number of benzene rings is 1. The van der Waals surface area contributed by atoms with Gasteiger partial charge in [-0.15, -0.1) is 0 Å². The fraction of sp³-hybridized carbons (Fsp3) is 0.462. The Kier molecular flexibility index (Phi) is 4.11. The molecule has 0 aliphatic heterocycles. The first-order chi connectivity index (χ1) is 8.58. The van der Waals surface area contributed by atoms with Gasteiger partial charge < -0.3 is 15.5 Å². The average Bonchev–Trinajstić information content (AvgIpc) is 2.35. The number of amides is 1. The van der Waals surface area contributed by atoms with Gasteiger partial charge in [-0.2, -0.15) is 0 Å². The number of carbonyl (C=O) groups excluding carboxylic acids is 1. The van der Waals surface area contributed by atoms with Crippen LogP contribution in [0.15, 0.2) is 18.2 Å². The highest BCUT2D eigenvalue weighted by Gasteiger charge is 2.25. The van der Waals surface area contributed by atoms with Crippen molar-refractivity contribution in [3.05, 3.63) is 23.8 Å². The van der Waals surface area contributed by atoms with Gasteiger partial charge in [0.15, 0.2) is 0 Å². The summed E-state index contributed by atoms with van der Waals surface area (Å²) in [6.07, 6.45) is 4.23. The van der Waals surface area contributed by atoms with Gasteiger partial charge >= 0.3 is 0 Å². The van der Waals surface area contributed by atoms with Crippen molar-refractivity contribution in [2.45, 2.75) is 36.6 Å². The predicted octanol–water partition coefficient (Wildman–Crippen LogP) is 2.53. The zero-order valence-corrected chi connectivity index (χ0v) is 11.5. The highest BCUT2D eigenvalue weighted by molar-refractivity contribution is 9.09. The van der Waals surface area contributed by atoms with Gasteiger partial charge in [-0.05, 0) is 31.0 Å². The van der Waals surface area contributed by atoms with Gasteiger partial charge in [-0.3, -0.25) is 4.79 Å². The number of phenols is 2. The number of phenolic OH excluding ortho intramolecular Hbond substituents is 2. The Balaban J connectivity index is 2.09. The van der Waals surface area contributed by atoms with Gasteiger partial charge in [0.1, 0.15) is 11.5 Å². The zero-order valence-electron chi connectivity index (χ0n) is 9.90. The molecule has 1 fully saturated rings. The fourth-order valence-corrected chi connectivity index (χ4v) is 2.92. The van der Waals surface area contributed by atoms with Gasteiger partial charge in [-0.1, -0.05) is 28.8 Å². The first-order valence-corrected chi connectivity index (χ1v) is 6.96. The lowest BCUT2D eigenvalue weighted by Crippen LogP contribution is -2.42. The van der Waals surface area contributed by atoms with Crippen LogP contribution in [0, 0.1) is 0 Å². The molecule has 1 aliphatic rings. The molecule has 0 aromatic heterocycles. The molecule has 3 N–H and O–H groups in total. The van der Waals surface area contributed by atoms with E-state index in [1.165, 1.54) is 24.6 Å². The van der Waals surface area contributed by atoms with Gasteiger partial charge in [0.25, 0.3) is 5.91 Å². The van der Waals surface area contributed by atoms with Crippen molar-refractivity contribution in [2.24, 2.45) is 0 Å². The molecule has 0 saturated heterocycles. The molecule has 4 nitrogen and oxygen atoms in total. The molecule has 1 saturated carbocycles. The molecule has 98 valence electrons. The minimum absolute atomic E-state index is 0.0306. The first-order valence-electron chi connectivity index (χ1n) is 6.05. The summed E-state index contributed by atoms with van der Waals surface area (Å²) in [5.74, 6) is -0.496. The normalized spacial score (nSPS) is 23.6. The van der Waals surface area contributed by atoms with Crippen LogP contribution in [0.3, 0.4) is 0 Å². The number of nitrogens with one attached hydrogen (secondary N) is 1. The van der Waals surface area contributed by atoms with E-state index in [0.29, 0.717) is 0 Å². The van der Waals surface area contributed by atoms with Crippen LogP contribution >= 0.6 is 15.9 Å². The topological polar surface area (TPSA) is 69.6 Å². The number of alkyl halides is 1. The molecule has 2 atom stereocenters.